The van der Waals surface area contributed by atoms with Gasteiger partial charge in [0, 0.05) is 16.8 Å². The van der Waals surface area contributed by atoms with Gasteiger partial charge in [-0.1, -0.05) is 18.2 Å². The summed E-state index contributed by atoms with van der Waals surface area (Å²) in [7, 11) is 1.51. The highest BCUT2D eigenvalue weighted by Crippen LogP contribution is 2.34. The average Bonchev–Trinajstić information content (AvgIpc) is 3.60. The zero-order valence-corrected chi connectivity index (χ0v) is 20.6. The molecule has 9 nitrogen and oxygen atoms in total. The lowest BCUT2D eigenvalue weighted by molar-refractivity contribution is -0.137. The van der Waals surface area contributed by atoms with Gasteiger partial charge in [-0.05, 0) is 40.6 Å². The molecule has 2 aromatic heterocycles. The van der Waals surface area contributed by atoms with Crippen molar-refractivity contribution in [3.8, 4) is 11.5 Å². The molecule has 0 fully saturated rings. The molecule has 11 heteroatoms. The van der Waals surface area contributed by atoms with Crippen molar-refractivity contribution in [3.63, 3.8) is 0 Å². The third kappa shape index (κ3) is 6.52. The summed E-state index contributed by atoms with van der Waals surface area (Å²) in [5.74, 6) is -0.214. The van der Waals surface area contributed by atoms with Gasteiger partial charge in [0.05, 0.1) is 25.6 Å². The Labute approximate surface area is 210 Å². The molecule has 0 unspecified atom stereocenters. The van der Waals surface area contributed by atoms with Crippen molar-refractivity contribution >= 4 is 40.6 Å². The fourth-order valence-corrected chi connectivity index (χ4v) is 5.04. The summed E-state index contributed by atoms with van der Waals surface area (Å²) >= 11 is 3.14. The van der Waals surface area contributed by atoms with Gasteiger partial charge < -0.3 is 29.7 Å². The molecule has 4 rings (SSSR count). The number of benzene rings is 1. The van der Waals surface area contributed by atoms with Crippen molar-refractivity contribution in [1.29, 1.82) is 0 Å². The van der Waals surface area contributed by atoms with Gasteiger partial charge >= 0.3 is 12.0 Å². The number of amides is 3. The van der Waals surface area contributed by atoms with Crippen LogP contribution in [0.15, 0.2) is 53.2 Å². The zero-order chi connectivity index (χ0) is 24.8. The summed E-state index contributed by atoms with van der Waals surface area (Å²) in [6.45, 7) is 0.835. The normalized spacial score (nSPS) is 12.7. The molecule has 0 spiro atoms. The lowest BCUT2D eigenvalue weighted by Crippen LogP contribution is -2.45. The number of carbonyl (C=O) groups is 3. The van der Waals surface area contributed by atoms with Crippen LogP contribution in [0.2, 0.25) is 0 Å². The number of urea groups is 1. The number of rotatable bonds is 10. The average molecular weight is 516 g/mol. The minimum Gasteiger partial charge on any atom is -0.481 e. The Morgan fingerprint density at radius 2 is 1.69 bits per heavy atom. The number of nitrogens with zero attached hydrogens (tertiary/aromatic N) is 2. The number of ether oxygens (including phenoxy) is 2. The second-order valence-corrected chi connectivity index (χ2v) is 10.0. The van der Waals surface area contributed by atoms with Gasteiger partial charge in [-0.25, -0.2) is 4.79 Å². The van der Waals surface area contributed by atoms with Gasteiger partial charge in [0.15, 0.2) is 11.5 Å². The van der Waals surface area contributed by atoms with E-state index in [0.29, 0.717) is 30.2 Å². The van der Waals surface area contributed by atoms with Crippen molar-refractivity contribution in [1.82, 2.24) is 15.1 Å². The number of thiophene rings is 2. The SMILES string of the molecule is CN(CC(=O)N(Cc1cccs1)Cc1cccs1)C(=O)N[C@@H](CC(=O)O)c1ccc2c(c1)OCO2. The van der Waals surface area contributed by atoms with E-state index in [1.807, 2.05) is 35.0 Å². The number of hydrogen-bond donors (Lipinski definition) is 2. The van der Waals surface area contributed by atoms with Crippen LogP contribution in [0.25, 0.3) is 0 Å². The molecule has 0 radical (unpaired) electrons. The van der Waals surface area contributed by atoms with Crippen molar-refractivity contribution in [2.45, 2.75) is 25.6 Å². The first-order chi connectivity index (χ1) is 16.9. The van der Waals surface area contributed by atoms with Crippen LogP contribution >= 0.6 is 22.7 Å². The van der Waals surface area contributed by atoms with E-state index < -0.39 is 18.0 Å². The third-order valence-corrected chi connectivity index (χ3v) is 7.12. The number of aliphatic carboxylic acids is 1. The summed E-state index contributed by atoms with van der Waals surface area (Å²) in [6.07, 6.45) is -0.323. The summed E-state index contributed by atoms with van der Waals surface area (Å²) in [4.78, 5) is 42.6. The summed E-state index contributed by atoms with van der Waals surface area (Å²) in [5.41, 5.74) is 0.571. The van der Waals surface area contributed by atoms with E-state index in [-0.39, 0.29) is 25.7 Å². The predicted molar refractivity (Wildman–Crippen MR) is 132 cm³/mol. The highest BCUT2D eigenvalue weighted by Gasteiger charge is 2.25. The largest absolute Gasteiger partial charge is 0.481 e. The van der Waals surface area contributed by atoms with E-state index in [0.717, 1.165) is 9.75 Å². The van der Waals surface area contributed by atoms with Gasteiger partial charge in [-0.2, -0.15) is 0 Å². The maximum atomic E-state index is 13.2. The Kier molecular flexibility index (Phi) is 7.88. The second kappa shape index (κ2) is 11.2. The van der Waals surface area contributed by atoms with Crippen LogP contribution in [-0.4, -0.2) is 53.2 Å². The van der Waals surface area contributed by atoms with Crippen molar-refractivity contribution < 1.29 is 29.0 Å². The first kappa shape index (κ1) is 24.6. The van der Waals surface area contributed by atoms with Gasteiger partial charge in [0.25, 0.3) is 0 Å². The van der Waals surface area contributed by atoms with Gasteiger partial charge in [-0.15, -0.1) is 22.7 Å². The molecule has 1 aromatic carbocycles. The number of carboxylic acid groups (broad SMARTS) is 1. The van der Waals surface area contributed by atoms with Crippen molar-refractivity contribution in [2.75, 3.05) is 20.4 Å². The zero-order valence-electron chi connectivity index (χ0n) is 19.0. The standard InChI is InChI=1S/C24H25N3O6S2/c1-26(14-22(28)27(12-17-4-2-8-34-17)13-18-5-3-9-35-18)24(31)25-19(11-23(29)30)16-6-7-20-21(10-16)33-15-32-20/h2-10,19H,11-15H2,1H3,(H,25,31)(H,29,30)/t19-/m0/s1. The molecule has 0 saturated heterocycles. The van der Waals surface area contributed by atoms with E-state index in [1.54, 1.807) is 45.8 Å². The first-order valence-corrected chi connectivity index (χ1v) is 12.6. The van der Waals surface area contributed by atoms with Crippen LogP contribution in [0.5, 0.6) is 11.5 Å². The first-order valence-electron chi connectivity index (χ1n) is 10.8. The summed E-state index contributed by atoms with van der Waals surface area (Å²) < 4.78 is 10.7. The molecule has 0 aliphatic carbocycles. The Morgan fingerprint density at radius 3 is 2.29 bits per heavy atom. The molecular weight excluding hydrogens is 490 g/mol. The number of likely N-dealkylation sites (N-methyl/N-ethyl adjacent to an activating group) is 1. The highest BCUT2D eigenvalue weighted by molar-refractivity contribution is 7.10. The number of carboxylic acids is 1. The Morgan fingerprint density at radius 1 is 1.03 bits per heavy atom. The number of hydrogen-bond acceptors (Lipinski definition) is 7. The quantitative estimate of drug-likeness (QED) is 0.424. The number of carbonyl (C=O) groups excluding carboxylic acids is 2. The molecule has 3 aromatic rings. The smallest absolute Gasteiger partial charge is 0.318 e. The molecule has 1 atom stereocenters. The Balaban J connectivity index is 1.42. The van der Waals surface area contributed by atoms with E-state index in [2.05, 4.69) is 5.32 Å². The fourth-order valence-electron chi connectivity index (χ4n) is 3.60. The van der Waals surface area contributed by atoms with Gasteiger partial charge in [0.1, 0.15) is 6.54 Å². The van der Waals surface area contributed by atoms with Crippen LogP contribution < -0.4 is 14.8 Å². The highest BCUT2D eigenvalue weighted by atomic mass is 32.1. The number of fused-ring (bicyclic) bond motifs is 1. The third-order valence-electron chi connectivity index (χ3n) is 5.40. The van der Waals surface area contributed by atoms with Crippen molar-refractivity contribution in [3.05, 3.63) is 68.5 Å². The molecule has 0 saturated carbocycles. The molecule has 35 heavy (non-hydrogen) atoms. The molecule has 3 amide bonds. The van der Waals surface area contributed by atoms with Crippen LogP contribution in [0.4, 0.5) is 4.79 Å². The monoisotopic (exact) mass is 515 g/mol. The minimum absolute atomic E-state index is 0.0903. The van der Waals surface area contributed by atoms with Crippen LogP contribution in [0.1, 0.15) is 27.8 Å². The summed E-state index contributed by atoms with van der Waals surface area (Å²) in [5, 5.41) is 16.0. The van der Waals surface area contributed by atoms with E-state index >= 15 is 0 Å². The minimum atomic E-state index is -1.07. The molecule has 1 aliphatic rings. The molecular formula is C24H25N3O6S2. The topological polar surface area (TPSA) is 108 Å². The maximum absolute atomic E-state index is 13.2. The van der Waals surface area contributed by atoms with Crippen molar-refractivity contribution in [2.24, 2.45) is 0 Å². The molecule has 3 heterocycles. The van der Waals surface area contributed by atoms with Gasteiger partial charge in [0.2, 0.25) is 12.7 Å². The van der Waals surface area contributed by atoms with Crippen LogP contribution in [0, 0.1) is 0 Å². The Bertz CT molecular complexity index is 1130. The summed E-state index contributed by atoms with van der Waals surface area (Å²) in [6, 6.07) is 11.5. The molecule has 0 bridgehead atoms. The molecule has 2 N–H and O–H groups in total. The van der Waals surface area contributed by atoms with Crippen LogP contribution in [-0.2, 0) is 22.7 Å². The van der Waals surface area contributed by atoms with E-state index in [1.165, 1.54) is 11.9 Å². The molecule has 1 aliphatic heterocycles. The maximum Gasteiger partial charge on any atom is 0.318 e. The molecule has 184 valence electrons. The fraction of sp³-hybridized carbons (Fsp3) is 0.292. The second-order valence-electron chi connectivity index (χ2n) is 7.98. The van der Waals surface area contributed by atoms with E-state index in [4.69, 9.17) is 9.47 Å². The lowest BCUT2D eigenvalue weighted by atomic mass is 10.0. The van der Waals surface area contributed by atoms with Gasteiger partial charge in [-0.3, -0.25) is 9.59 Å². The number of nitrogens with one attached hydrogen (secondary N) is 1. The predicted octanol–water partition coefficient (Wildman–Crippen LogP) is 3.92. The van der Waals surface area contributed by atoms with Crippen LogP contribution in [0.3, 0.4) is 0 Å². The van der Waals surface area contributed by atoms with E-state index in [9.17, 15) is 19.5 Å². The lowest BCUT2D eigenvalue weighted by Gasteiger charge is -2.26. The Hall–Kier alpha value is -3.57.